The van der Waals surface area contributed by atoms with Crippen molar-refractivity contribution in [1.29, 1.82) is 0 Å². The molecular formula is C24H25N3O3. The van der Waals surface area contributed by atoms with Crippen molar-refractivity contribution in [2.45, 2.75) is 32.6 Å². The molecule has 30 heavy (non-hydrogen) atoms. The van der Waals surface area contributed by atoms with Gasteiger partial charge in [-0.3, -0.25) is 20.0 Å². The number of benzene rings is 2. The van der Waals surface area contributed by atoms with Crippen molar-refractivity contribution in [1.82, 2.24) is 10.3 Å². The van der Waals surface area contributed by atoms with Crippen LogP contribution in [-0.2, 0) is 10.2 Å². The van der Waals surface area contributed by atoms with E-state index in [0.717, 1.165) is 27.8 Å². The molecule has 1 N–H and O–H groups in total. The Labute approximate surface area is 175 Å². The van der Waals surface area contributed by atoms with Crippen LogP contribution >= 0.6 is 0 Å². The molecule has 2 aromatic carbocycles. The molecule has 1 fully saturated rings. The van der Waals surface area contributed by atoms with Crippen molar-refractivity contribution in [3.8, 4) is 16.9 Å². The minimum atomic E-state index is -0.425. The number of imide groups is 1. The van der Waals surface area contributed by atoms with Gasteiger partial charge in [0.1, 0.15) is 5.75 Å². The van der Waals surface area contributed by atoms with Gasteiger partial charge in [0, 0.05) is 35.7 Å². The molecule has 1 aliphatic rings. The number of fused-ring (bicyclic) bond motifs is 1. The van der Waals surface area contributed by atoms with Crippen molar-refractivity contribution in [2.24, 2.45) is 0 Å². The largest absolute Gasteiger partial charge is 0.496 e. The van der Waals surface area contributed by atoms with Gasteiger partial charge in [-0.1, -0.05) is 51.1 Å². The Morgan fingerprint density at radius 3 is 2.43 bits per heavy atom. The standard InChI is InChI=1S/C24H25N3O3/c1-24(2,3)18-13-19(27-11-10-20(28)26-23(27)29)21-17(22(18)30-4)12-16(14-25-21)15-8-6-5-7-9-15/h5-9,12-14H,10-11H2,1-4H3,(H,26,28,29). The van der Waals surface area contributed by atoms with Crippen LogP contribution in [0, 0.1) is 0 Å². The number of carbonyl (C=O) groups is 2. The molecule has 0 aliphatic carbocycles. The highest BCUT2D eigenvalue weighted by Gasteiger charge is 2.30. The molecule has 1 saturated heterocycles. The van der Waals surface area contributed by atoms with Crippen molar-refractivity contribution in [2.75, 3.05) is 18.6 Å². The van der Waals surface area contributed by atoms with Crippen LogP contribution in [0.1, 0.15) is 32.8 Å². The van der Waals surface area contributed by atoms with Gasteiger partial charge in [0.05, 0.1) is 18.3 Å². The Balaban J connectivity index is 2.00. The van der Waals surface area contributed by atoms with Gasteiger partial charge in [0.2, 0.25) is 5.91 Å². The summed E-state index contributed by atoms with van der Waals surface area (Å²) in [6.07, 6.45) is 2.07. The molecule has 0 unspecified atom stereocenters. The summed E-state index contributed by atoms with van der Waals surface area (Å²) < 4.78 is 5.85. The average Bonchev–Trinajstić information content (AvgIpc) is 2.72. The lowest BCUT2D eigenvalue weighted by atomic mass is 9.84. The number of methoxy groups -OCH3 is 1. The van der Waals surface area contributed by atoms with E-state index in [1.54, 1.807) is 12.0 Å². The number of hydrogen-bond acceptors (Lipinski definition) is 4. The fourth-order valence-corrected chi connectivity index (χ4v) is 3.82. The normalized spacial score (nSPS) is 14.7. The van der Waals surface area contributed by atoms with Crippen molar-refractivity contribution in [3.05, 3.63) is 54.2 Å². The first-order valence-electron chi connectivity index (χ1n) is 9.97. The molecule has 3 aromatic rings. The predicted octanol–water partition coefficient (Wildman–Crippen LogP) is 4.65. The van der Waals surface area contributed by atoms with Gasteiger partial charge >= 0.3 is 6.03 Å². The summed E-state index contributed by atoms with van der Waals surface area (Å²) in [5, 5.41) is 3.24. The number of carbonyl (C=O) groups excluding carboxylic acids is 2. The number of nitrogens with one attached hydrogen (secondary N) is 1. The van der Waals surface area contributed by atoms with E-state index in [4.69, 9.17) is 9.72 Å². The van der Waals surface area contributed by atoms with E-state index in [2.05, 4.69) is 32.2 Å². The molecule has 1 aromatic heterocycles. The van der Waals surface area contributed by atoms with Crippen LogP contribution in [0.25, 0.3) is 22.0 Å². The van der Waals surface area contributed by atoms with E-state index in [9.17, 15) is 9.59 Å². The third-order valence-corrected chi connectivity index (χ3v) is 5.36. The van der Waals surface area contributed by atoms with Crippen LogP contribution in [0.2, 0.25) is 0 Å². The third kappa shape index (κ3) is 3.49. The van der Waals surface area contributed by atoms with Gasteiger partial charge in [0.25, 0.3) is 0 Å². The smallest absolute Gasteiger partial charge is 0.328 e. The summed E-state index contributed by atoms with van der Waals surface area (Å²) in [6, 6.07) is 13.6. The van der Waals surface area contributed by atoms with Crippen LogP contribution in [0.5, 0.6) is 5.75 Å². The van der Waals surface area contributed by atoms with Crippen molar-refractivity contribution in [3.63, 3.8) is 0 Å². The molecular weight excluding hydrogens is 378 g/mol. The number of rotatable bonds is 3. The maximum absolute atomic E-state index is 12.6. The van der Waals surface area contributed by atoms with E-state index in [0.29, 0.717) is 17.7 Å². The lowest BCUT2D eigenvalue weighted by Gasteiger charge is -2.30. The second-order valence-electron chi connectivity index (χ2n) is 8.47. The summed E-state index contributed by atoms with van der Waals surface area (Å²) in [6.45, 7) is 6.63. The highest BCUT2D eigenvalue weighted by atomic mass is 16.5. The summed E-state index contributed by atoms with van der Waals surface area (Å²) in [5.74, 6) is 0.490. The van der Waals surface area contributed by atoms with E-state index in [1.807, 2.05) is 42.6 Å². The molecule has 2 heterocycles. The molecule has 0 bridgehead atoms. The van der Waals surface area contributed by atoms with Crippen LogP contribution in [0.15, 0.2) is 48.7 Å². The number of pyridine rings is 1. The number of urea groups is 1. The second kappa shape index (κ2) is 7.44. The first-order chi connectivity index (χ1) is 14.3. The lowest BCUT2D eigenvalue weighted by Crippen LogP contribution is -2.49. The Morgan fingerprint density at radius 2 is 1.80 bits per heavy atom. The quantitative estimate of drug-likeness (QED) is 0.691. The fourth-order valence-electron chi connectivity index (χ4n) is 3.82. The predicted molar refractivity (Wildman–Crippen MR) is 118 cm³/mol. The van der Waals surface area contributed by atoms with Gasteiger partial charge in [-0.25, -0.2) is 4.79 Å². The fraction of sp³-hybridized carbons (Fsp3) is 0.292. The van der Waals surface area contributed by atoms with Gasteiger partial charge in [-0.2, -0.15) is 0 Å². The van der Waals surface area contributed by atoms with E-state index >= 15 is 0 Å². The molecule has 0 radical (unpaired) electrons. The zero-order chi connectivity index (χ0) is 21.5. The summed E-state index contributed by atoms with van der Waals surface area (Å²) in [7, 11) is 1.66. The second-order valence-corrected chi connectivity index (χ2v) is 8.47. The van der Waals surface area contributed by atoms with Crippen molar-refractivity contribution >= 4 is 28.5 Å². The number of nitrogens with zero attached hydrogens (tertiary/aromatic N) is 2. The first kappa shape index (κ1) is 19.9. The van der Waals surface area contributed by atoms with E-state index in [-0.39, 0.29) is 17.7 Å². The molecule has 6 nitrogen and oxygen atoms in total. The molecule has 4 rings (SSSR count). The Kier molecular flexibility index (Phi) is 4.94. The first-order valence-corrected chi connectivity index (χ1v) is 9.97. The molecule has 0 atom stereocenters. The maximum atomic E-state index is 12.6. The van der Waals surface area contributed by atoms with E-state index < -0.39 is 6.03 Å². The highest BCUT2D eigenvalue weighted by molar-refractivity contribution is 6.10. The summed E-state index contributed by atoms with van der Waals surface area (Å²) in [5.41, 5.74) is 4.13. The van der Waals surface area contributed by atoms with Crippen LogP contribution in [-0.4, -0.2) is 30.6 Å². The van der Waals surface area contributed by atoms with Crippen LogP contribution < -0.4 is 15.0 Å². The van der Waals surface area contributed by atoms with Crippen LogP contribution in [0.4, 0.5) is 10.5 Å². The molecule has 1 aliphatic heterocycles. The molecule has 154 valence electrons. The van der Waals surface area contributed by atoms with Gasteiger partial charge < -0.3 is 4.74 Å². The Hall–Kier alpha value is -3.41. The topological polar surface area (TPSA) is 71.5 Å². The minimum Gasteiger partial charge on any atom is -0.496 e. The van der Waals surface area contributed by atoms with Crippen LogP contribution in [0.3, 0.4) is 0 Å². The van der Waals surface area contributed by atoms with Gasteiger partial charge in [-0.15, -0.1) is 0 Å². The summed E-state index contributed by atoms with van der Waals surface area (Å²) in [4.78, 5) is 30.6. The number of amides is 3. The number of ether oxygens (including phenoxy) is 1. The van der Waals surface area contributed by atoms with Gasteiger partial charge in [0.15, 0.2) is 0 Å². The minimum absolute atomic E-state index is 0.223. The average molecular weight is 403 g/mol. The summed E-state index contributed by atoms with van der Waals surface area (Å²) >= 11 is 0. The maximum Gasteiger partial charge on any atom is 0.328 e. The highest BCUT2D eigenvalue weighted by Crippen LogP contribution is 2.43. The number of anilines is 1. The molecule has 3 amide bonds. The van der Waals surface area contributed by atoms with E-state index in [1.165, 1.54) is 0 Å². The zero-order valence-corrected chi connectivity index (χ0v) is 17.7. The van der Waals surface area contributed by atoms with Crippen molar-refractivity contribution < 1.29 is 14.3 Å². The lowest BCUT2D eigenvalue weighted by molar-refractivity contribution is -0.120. The Bertz CT molecular complexity index is 1130. The molecule has 6 heteroatoms. The SMILES string of the molecule is COc1c(C(C)(C)C)cc(N2CCC(=O)NC2=O)c2ncc(-c3ccccc3)cc12. The zero-order valence-electron chi connectivity index (χ0n) is 17.7. The Morgan fingerprint density at radius 1 is 1.07 bits per heavy atom. The molecule has 0 spiro atoms. The molecule has 0 saturated carbocycles. The number of hydrogen-bond donors (Lipinski definition) is 1. The van der Waals surface area contributed by atoms with Gasteiger partial charge in [-0.05, 0) is 23.1 Å². The third-order valence-electron chi connectivity index (χ3n) is 5.36. The number of aromatic nitrogens is 1. The monoisotopic (exact) mass is 403 g/mol.